The highest BCUT2D eigenvalue weighted by atomic mass is 19.1. The zero-order valence-electron chi connectivity index (χ0n) is 18.0. The number of aromatic nitrogens is 4. The lowest BCUT2D eigenvalue weighted by Gasteiger charge is -2.18. The van der Waals surface area contributed by atoms with E-state index in [1.165, 1.54) is 29.3 Å². The van der Waals surface area contributed by atoms with E-state index in [1.54, 1.807) is 12.1 Å². The Morgan fingerprint density at radius 3 is 2.15 bits per heavy atom. The minimum atomic E-state index is -0.456. The van der Waals surface area contributed by atoms with Gasteiger partial charge >= 0.3 is 0 Å². The van der Waals surface area contributed by atoms with Crippen LogP contribution in [0.5, 0.6) is 0 Å². The summed E-state index contributed by atoms with van der Waals surface area (Å²) in [6, 6.07) is 25.2. The average Bonchev–Trinajstić information content (AvgIpc) is 3.31. The third-order valence-electron chi connectivity index (χ3n) is 5.60. The van der Waals surface area contributed by atoms with Gasteiger partial charge < -0.3 is 0 Å². The Hall–Kier alpha value is -4.59. The summed E-state index contributed by atoms with van der Waals surface area (Å²) >= 11 is 0. The summed E-state index contributed by atoms with van der Waals surface area (Å²) in [5.41, 5.74) is 5.08. The molecule has 0 spiro atoms. The third kappa shape index (κ3) is 4.21. The number of fused-ring (bicyclic) bond motifs is 1. The number of hydrogen-bond acceptors (Lipinski definition) is 4. The molecule has 0 saturated heterocycles. The molecule has 8 heteroatoms. The summed E-state index contributed by atoms with van der Waals surface area (Å²) in [4.78, 5) is 30.2. The van der Waals surface area contributed by atoms with E-state index in [1.807, 2.05) is 60.7 Å². The molecule has 2 heterocycles. The first kappa shape index (κ1) is 21.3. The topological polar surface area (TPSA) is 81.8 Å². The monoisotopic (exact) mass is 453 g/mol. The molecule has 0 fully saturated rings. The fraction of sp³-hybridized carbons (Fsp3) is 0.0769. The van der Waals surface area contributed by atoms with Crippen molar-refractivity contribution in [2.75, 3.05) is 5.43 Å². The van der Waals surface area contributed by atoms with E-state index in [-0.39, 0.29) is 29.4 Å². The predicted octanol–water partition coefficient (Wildman–Crippen LogP) is 4.01. The second kappa shape index (κ2) is 9.11. The van der Waals surface area contributed by atoms with Crippen molar-refractivity contribution in [3.8, 4) is 5.69 Å². The molecule has 0 unspecified atom stereocenters. The maximum Gasteiger partial charge on any atom is 0.283 e. The zero-order valence-corrected chi connectivity index (χ0v) is 18.0. The molecule has 5 rings (SSSR count). The molecule has 0 atom stereocenters. The Morgan fingerprint density at radius 2 is 1.53 bits per heavy atom. The molecule has 168 valence electrons. The number of halogens is 1. The van der Waals surface area contributed by atoms with E-state index in [0.717, 1.165) is 15.8 Å². The van der Waals surface area contributed by atoms with Gasteiger partial charge in [0.25, 0.3) is 5.56 Å². The number of carbonyl (C=O) groups is 1. The molecular weight excluding hydrogens is 433 g/mol. The Bertz CT molecular complexity index is 1460. The molecule has 0 aliphatic carbocycles. The number of nitrogens with zero attached hydrogens (tertiary/aromatic N) is 4. The van der Waals surface area contributed by atoms with Crippen LogP contribution in [0.15, 0.2) is 102 Å². The average molecular weight is 453 g/mol. The van der Waals surface area contributed by atoms with Crippen LogP contribution in [-0.2, 0) is 4.79 Å². The molecule has 7 nitrogen and oxygen atoms in total. The van der Waals surface area contributed by atoms with Crippen molar-refractivity contribution in [2.24, 2.45) is 0 Å². The van der Waals surface area contributed by atoms with Crippen LogP contribution in [0.1, 0.15) is 23.5 Å². The van der Waals surface area contributed by atoms with Crippen molar-refractivity contribution in [3.63, 3.8) is 0 Å². The van der Waals surface area contributed by atoms with Gasteiger partial charge in [-0.25, -0.2) is 18.7 Å². The number of benzene rings is 3. The maximum atomic E-state index is 13.2. The van der Waals surface area contributed by atoms with Crippen molar-refractivity contribution in [1.29, 1.82) is 0 Å². The SMILES string of the molecule is O=C(CC(c1ccccc1)c1ccccc1)Nn1cnc2c(cnn2-c2ccc(F)cc2)c1=O. The number of carbonyl (C=O) groups excluding carboxylic acids is 1. The first-order chi connectivity index (χ1) is 16.6. The summed E-state index contributed by atoms with van der Waals surface area (Å²) in [6.07, 6.45) is 2.78. The molecule has 1 amide bonds. The van der Waals surface area contributed by atoms with Crippen molar-refractivity contribution >= 4 is 16.9 Å². The Morgan fingerprint density at radius 1 is 0.912 bits per heavy atom. The molecule has 0 aliphatic heterocycles. The van der Waals surface area contributed by atoms with Gasteiger partial charge in [0.2, 0.25) is 5.91 Å². The minimum Gasteiger partial charge on any atom is -0.273 e. The number of rotatable bonds is 6. The van der Waals surface area contributed by atoms with E-state index in [0.29, 0.717) is 11.3 Å². The lowest BCUT2D eigenvalue weighted by molar-refractivity contribution is -0.117. The van der Waals surface area contributed by atoms with Gasteiger partial charge in [0.05, 0.1) is 11.9 Å². The van der Waals surface area contributed by atoms with Gasteiger partial charge in [-0.3, -0.25) is 15.0 Å². The van der Waals surface area contributed by atoms with Crippen LogP contribution in [0, 0.1) is 5.82 Å². The second-order valence-corrected chi connectivity index (χ2v) is 7.80. The molecular formula is C26H20FN5O2. The molecule has 1 N–H and O–H groups in total. The number of hydrogen-bond donors (Lipinski definition) is 1. The fourth-order valence-electron chi connectivity index (χ4n) is 3.93. The zero-order chi connectivity index (χ0) is 23.5. The Balaban J connectivity index is 1.41. The summed E-state index contributed by atoms with van der Waals surface area (Å²) in [7, 11) is 0. The summed E-state index contributed by atoms with van der Waals surface area (Å²) in [5, 5.41) is 4.44. The van der Waals surface area contributed by atoms with Crippen molar-refractivity contribution < 1.29 is 9.18 Å². The van der Waals surface area contributed by atoms with Crippen LogP contribution in [-0.4, -0.2) is 25.3 Å². The molecule has 0 radical (unpaired) electrons. The van der Waals surface area contributed by atoms with Gasteiger partial charge in [0.15, 0.2) is 5.65 Å². The predicted molar refractivity (Wildman–Crippen MR) is 127 cm³/mol. The number of nitrogens with one attached hydrogen (secondary N) is 1. The lowest BCUT2D eigenvalue weighted by atomic mass is 9.88. The quantitative estimate of drug-likeness (QED) is 0.421. The van der Waals surface area contributed by atoms with E-state index in [2.05, 4.69) is 15.5 Å². The highest BCUT2D eigenvalue weighted by Gasteiger charge is 2.19. The largest absolute Gasteiger partial charge is 0.283 e. The molecule has 0 saturated carbocycles. The third-order valence-corrected chi connectivity index (χ3v) is 5.60. The minimum absolute atomic E-state index is 0.146. The van der Waals surface area contributed by atoms with Crippen molar-refractivity contribution in [1.82, 2.24) is 19.4 Å². The Labute approximate surface area is 194 Å². The van der Waals surface area contributed by atoms with Crippen LogP contribution in [0.3, 0.4) is 0 Å². The summed E-state index contributed by atoms with van der Waals surface area (Å²) in [5.74, 6) is -0.870. The van der Waals surface area contributed by atoms with Crippen molar-refractivity contribution in [2.45, 2.75) is 12.3 Å². The molecule has 0 aliphatic rings. The summed E-state index contributed by atoms with van der Waals surface area (Å²) in [6.45, 7) is 0. The van der Waals surface area contributed by atoms with Crippen LogP contribution >= 0.6 is 0 Å². The van der Waals surface area contributed by atoms with Gasteiger partial charge in [0, 0.05) is 12.3 Å². The molecule has 3 aromatic carbocycles. The van der Waals surface area contributed by atoms with E-state index in [4.69, 9.17) is 0 Å². The first-order valence-electron chi connectivity index (χ1n) is 10.7. The van der Waals surface area contributed by atoms with Crippen LogP contribution in [0.2, 0.25) is 0 Å². The second-order valence-electron chi connectivity index (χ2n) is 7.80. The van der Waals surface area contributed by atoms with Gasteiger partial charge in [-0.1, -0.05) is 60.7 Å². The van der Waals surface area contributed by atoms with Gasteiger partial charge in [0.1, 0.15) is 17.5 Å². The smallest absolute Gasteiger partial charge is 0.273 e. The highest BCUT2D eigenvalue weighted by Crippen LogP contribution is 2.27. The van der Waals surface area contributed by atoms with Gasteiger partial charge in [-0.2, -0.15) is 5.10 Å². The van der Waals surface area contributed by atoms with Crippen LogP contribution in [0.4, 0.5) is 4.39 Å². The Kier molecular flexibility index (Phi) is 5.70. The van der Waals surface area contributed by atoms with Gasteiger partial charge in [-0.05, 0) is 35.4 Å². The normalized spacial score (nSPS) is 11.1. The number of amides is 1. The highest BCUT2D eigenvalue weighted by molar-refractivity contribution is 5.85. The van der Waals surface area contributed by atoms with Crippen LogP contribution < -0.4 is 11.0 Å². The molecule has 34 heavy (non-hydrogen) atoms. The van der Waals surface area contributed by atoms with E-state index in [9.17, 15) is 14.0 Å². The van der Waals surface area contributed by atoms with Crippen molar-refractivity contribution in [3.05, 3.63) is 125 Å². The van der Waals surface area contributed by atoms with Crippen LogP contribution in [0.25, 0.3) is 16.7 Å². The molecule has 2 aromatic heterocycles. The maximum absolute atomic E-state index is 13.2. The molecule has 5 aromatic rings. The molecule has 0 bridgehead atoms. The van der Waals surface area contributed by atoms with Gasteiger partial charge in [-0.15, -0.1) is 0 Å². The lowest BCUT2D eigenvalue weighted by Crippen LogP contribution is -2.33. The van der Waals surface area contributed by atoms with E-state index < -0.39 is 5.56 Å². The summed E-state index contributed by atoms with van der Waals surface area (Å²) < 4.78 is 15.8. The fourth-order valence-corrected chi connectivity index (χ4v) is 3.93. The van der Waals surface area contributed by atoms with E-state index >= 15 is 0 Å². The standard InChI is InChI=1S/C26H20FN5O2/c27-20-11-13-21(14-12-20)32-25-23(16-29-32)26(34)31(17-28-25)30-24(33)15-22(18-7-3-1-4-8-18)19-9-5-2-6-10-19/h1-14,16-17,22H,15H2,(H,30,33). The first-order valence-corrected chi connectivity index (χ1v) is 10.7.